The average Bonchev–Trinajstić information content (AvgIpc) is 2.69. The first-order valence-corrected chi connectivity index (χ1v) is 7.18. The van der Waals surface area contributed by atoms with Crippen molar-refractivity contribution in [3.8, 4) is 0 Å². The number of rotatable bonds is 2. The molecule has 1 heterocycles. The molecule has 1 aliphatic rings. The van der Waals surface area contributed by atoms with Gasteiger partial charge in [0.05, 0.1) is 11.3 Å². The van der Waals surface area contributed by atoms with Crippen LogP contribution in [0.3, 0.4) is 0 Å². The topological polar surface area (TPSA) is 57.6 Å². The zero-order chi connectivity index (χ0) is 16.7. The van der Waals surface area contributed by atoms with Crippen LogP contribution in [0.4, 0.5) is 10.1 Å². The van der Waals surface area contributed by atoms with Crippen molar-refractivity contribution in [2.24, 2.45) is 0 Å². The minimum absolute atomic E-state index is 0.140. The summed E-state index contributed by atoms with van der Waals surface area (Å²) < 4.78 is 13.0. The summed E-state index contributed by atoms with van der Waals surface area (Å²) in [6.45, 7) is 0. The molecule has 0 fully saturated rings. The van der Waals surface area contributed by atoms with Gasteiger partial charge >= 0.3 is 5.91 Å². The maximum absolute atomic E-state index is 13.0. The fraction of sp³-hybridized carbons (Fsp3) is 0. The third-order valence-electron chi connectivity index (χ3n) is 3.30. The van der Waals surface area contributed by atoms with Gasteiger partial charge in [0.25, 0.3) is 5.91 Å². The van der Waals surface area contributed by atoms with E-state index >= 15 is 0 Å². The number of anilines is 1. The molecule has 0 spiro atoms. The summed E-state index contributed by atoms with van der Waals surface area (Å²) in [6.07, 6.45) is 0. The molecule has 4 nitrogen and oxygen atoms in total. The first kappa shape index (κ1) is 15.5. The van der Waals surface area contributed by atoms with Gasteiger partial charge in [0.15, 0.2) is 5.76 Å². The predicted octanol–water partition coefficient (Wildman–Crippen LogP) is 3.98. The van der Waals surface area contributed by atoms with E-state index in [9.17, 15) is 19.1 Å². The van der Waals surface area contributed by atoms with Crippen LogP contribution >= 0.6 is 23.2 Å². The standard InChI is InChI=1S/C16H8Cl2FNO3/c17-9-5-10(18)7-12(6-9)20-15(22)13(14(21)16(20)23)8-1-3-11(19)4-2-8/h1-7,21H. The van der Waals surface area contributed by atoms with E-state index in [1.807, 2.05) is 0 Å². The summed E-state index contributed by atoms with van der Waals surface area (Å²) in [6, 6.07) is 9.08. The molecule has 2 aromatic rings. The van der Waals surface area contributed by atoms with E-state index in [0.29, 0.717) is 0 Å². The molecule has 1 N–H and O–H groups in total. The van der Waals surface area contributed by atoms with E-state index < -0.39 is 23.4 Å². The van der Waals surface area contributed by atoms with Crippen molar-refractivity contribution in [2.75, 3.05) is 4.90 Å². The molecular weight excluding hydrogens is 344 g/mol. The number of benzene rings is 2. The molecule has 7 heteroatoms. The summed E-state index contributed by atoms with van der Waals surface area (Å²) >= 11 is 11.8. The van der Waals surface area contributed by atoms with Crippen LogP contribution in [0, 0.1) is 5.82 Å². The van der Waals surface area contributed by atoms with Crippen LogP contribution < -0.4 is 4.90 Å². The van der Waals surface area contributed by atoms with Gasteiger partial charge in [-0.25, -0.2) is 9.29 Å². The number of aliphatic hydroxyl groups is 1. The molecule has 116 valence electrons. The number of hydrogen-bond donors (Lipinski definition) is 1. The number of halogens is 3. The summed E-state index contributed by atoms with van der Waals surface area (Å²) in [5.74, 6) is -2.84. The van der Waals surface area contributed by atoms with Gasteiger partial charge in [-0.05, 0) is 35.9 Å². The SMILES string of the molecule is O=C1C(O)=C(c2ccc(F)cc2)C(=O)N1c1cc(Cl)cc(Cl)c1. The Balaban J connectivity index is 2.07. The van der Waals surface area contributed by atoms with Crippen LogP contribution in [0.2, 0.25) is 10.0 Å². The fourth-order valence-electron chi connectivity index (χ4n) is 2.30. The Hall–Kier alpha value is -2.37. The maximum Gasteiger partial charge on any atom is 0.301 e. The second kappa shape index (κ2) is 5.68. The van der Waals surface area contributed by atoms with Crippen LogP contribution in [-0.4, -0.2) is 16.9 Å². The molecule has 0 aliphatic carbocycles. The zero-order valence-electron chi connectivity index (χ0n) is 11.4. The molecule has 0 radical (unpaired) electrons. The fourth-order valence-corrected chi connectivity index (χ4v) is 2.81. The second-order valence-corrected chi connectivity index (χ2v) is 5.68. The van der Waals surface area contributed by atoms with Crippen molar-refractivity contribution in [3.05, 3.63) is 69.6 Å². The van der Waals surface area contributed by atoms with Crippen LogP contribution in [0.1, 0.15) is 5.56 Å². The van der Waals surface area contributed by atoms with Crippen molar-refractivity contribution in [1.29, 1.82) is 0 Å². The quantitative estimate of drug-likeness (QED) is 0.832. The highest BCUT2D eigenvalue weighted by atomic mass is 35.5. The number of hydrogen-bond acceptors (Lipinski definition) is 3. The van der Waals surface area contributed by atoms with Crippen molar-refractivity contribution in [3.63, 3.8) is 0 Å². The van der Waals surface area contributed by atoms with Crippen LogP contribution in [0.15, 0.2) is 48.2 Å². The molecule has 0 saturated heterocycles. The van der Waals surface area contributed by atoms with Gasteiger partial charge in [-0.3, -0.25) is 9.59 Å². The van der Waals surface area contributed by atoms with Gasteiger partial charge in [0, 0.05) is 10.0 Å². The van der Waals surface area contributed by atoms with E-state index in [4.69, 9.17) is 23.2 Å². The molecule has 0 saturated carbocycles. The van der Waals surface area contributed by atoms with Crippen molar-refractivity contribution < 1.29 is 19.1 Å². The summed E-state index contributed by atoms with van der Waals surface area (Å²) in [5, 5.41) is 10.5. The molecule has 3 rings (SSSR count). The molecule has 0 aromatic heterocycles. The smallest absolute Gasteiger partial charge is 0.301 e. The summed E-state index contributed by atoms with van der Waals surface area (Å²) in [7, 11) is 0. The van der Waals surface area contributed by atoms with Gasteiger partial charge < -0.3 is 5.11 Å². The summed E-state index contributed by atoms with van der Waals surface area (Å²) in [4.78, 5) is 25.5. The lowest BCUT2D eigenvalue weighted by molar-refractivity contribution is -0.121. The van der Waals surface area contributed by atoms with E-state index in [1.165, 1.54) is 30.3 Å². The van der Waals surface area contributed by atoms with Gasteiger partial charge in [0.1, 0.15) is 5.82 Å². The largest absolute Gasteiger partial charge is 0.502 e. The number of aliphatic hydroxyl groups excluding tert-OH is 1. The highest BCUT2D eigenvalue weighted by molar-refractivity contribution is 6.45. The Bertz CT molecular complexity index is 842. The Morgan fingerprint density at radius 1 is 0.913 bits per heavy atom. The zero-order valence-corrected chi connectivity index (χ0v) is 12.9. The average molecular weight is 352 g/mol. The molecule has 2 aromatic carbocycles. The van der Waals surface area contributed by atoms with Gasteiger partial charge in [-0.2, -0.15) is 0 Å². The van der Waals surface area contributed by atoms with E-state index in [0.717, 1.165) is 17.0 Å². The lowest BCUT2D eigenvalue weighted by atomic mass is 10.1. The van der Waals surface area contributed by atoms with Crippen molar-refractivity contribution in [1.82, 2.24) is 0 Å². The minimum Gasteiger partial charge on any atom is -0.502 e. The number of carbonyl (C=O) groups is 2. The summed E-state index contributed by atoms with van der Waals surface area (Å²) in [5.41, 5.74) is 0.171. The van der Waals surface area contributed by atoms with Crippen molar-refractivity contribution >= 4 is 46.3 Å². The monoisotopic (exact) mass is 351 g/mol. The van der Waals surface area contributed by atoms with Gasteiger partial charge in [-0.15, -0.1) is 0 Å². The Labute approximate surface area is 140 Å². The number of nitrogens with zero attached hydrogens (tertiary/aromatic N) is 1. The van der Waals surface area contributed by atoms with Gasteiger partial charge in [0.2, 0.25) is 0 Å². The molecule has 0 bridgehead atoms. The normalized spacial score (nSPS) is 14.8. The van der Waals surface area contributed by atoms with E-state index in [1.54, 1.807) is 0 Å². The van der Waals surface area contributed by atoms with E-state index in [-0.39, 0.29) is 26.9 Å². The van der Waals surface area contributed by atoms with Gasteiger partial charge in [-0.1, -0.05) is 35.3 Å². The molecule has 0 unspecified atom stereocenters. The highest BCUT2D eigenvalue weighted by Crippen LogP contribution is 2.34. The third kappa shape index (κ3) is 2.69. The Kier molecular flexibility index (Phi) is 3.83. The molecule has 0 atom stereocenters. The lowest BCUT2D eigenvalue weighted by Gasteiger charge is -2.15. The highest BCUT2D eigenvalue weighted by Gasteiger charge is 2.40. The third-order valence-corrected chi connectivity index (χ3v) is 3.73. The number of carbonyl (C=O) groups excluding carboxylic acids is 2. The molecule has 23 heavy (non-hydrogen) atoms. The van der Waals surface area contributed by atoms with Crippen LogP contribution in [0.5, 0.6) is 0 Å². The van der Waals surface area contributed by atoms with Crippen LogP contribution in [0.25, 0.3) is 5.57 Å². The van der Waals surface area contributed by atoms with Crippen molar-refractivity contribution in [2.45, 2.75) is 0 Å². The second-order valence-electron chi connectivity index (χ2n) is 4.80. The Morgan fingerprint density at radius 2 is 1.48 bits per heavy atom. The van der Waals surface area contributed by atoms with E-state index in [2.05, 4.69) is 0 Å². The number of imide groups is 1. The first-order chi connectivity index (χ1) is 10.9. The lowest BCUT2D eigenvalue weighted by Crippen LogP contribution is -2.31. The minimum atomic E-state index is -0.896. The molecule has 2 amide bonds. The predicted molar refractivity (Wildman–Crippen MR) is 84.9 cm³/mol. The molecule has 1 aliphatic heterocycles. The maximum atomic E-state index is 13.0. The molecular formula is C16H8Cl2FNO3. The van der Waals surface area contributed by atoms with Crippen LogP contribution in [-0.2, 0) is 9.59 Å². The Morgan fingerprint density at radius 3 is 2.04 bits per heavy atom. The number of amides is 2. The first-order valence-electron chi connectivity index (χ1n) is 6.42.